The lowest BCUT2D eigenvalue weighted by Crippen LogP contribution is -2.46. The van der Waals surface area contributed by atoms with E-state index in [0.717, 1.165) is 11.3 Å². The van der Waals surface area contributed by atoms with Gasteiger partial charge in [-0.2, -0.15) is 0 Å². The lowest BCUT2D eigenvalue weighted by Gasteiger charge is -2.35. The molecule has 0 aromatic heterocycles. The molecule has 7 nitrogen and oxygen atoms in total. The molecule has 38 heavy (non-hydrogen) atoms. The smallest absolute Gasteiger partial charge is 0.267 e. The van der Waals surface area contributed by atoms with E-state index < -0.39 is 23.5 Å². The van der Waals surface area contributed by atoms with Crippen LogP contribution < -0.4 is 19.4 Å². The van der Waals surface area contributed by atoms with Crippen molar-refractivity contribution in [3.63, 3.8) is 0 Å². The molecule has 7 heteroatoms. The molecule has 0 radical (unpaired) electrons. The second kappa shape index (κ2) is 9.36. The van der Waals surface area contributed by atoms with Crippen molar-refractivity contribution in [3.05, 3.63) is 120 Å². The molecule has 3 atom stereocenters. The van der Waals surface area contributed by atoms with E-state index in [1.54, 1.807) is 43.5 Å². The Morgan fingerprint density at radius 3 is 1.82 bits per heavy atom. The zero-order chi connectivity index (χ0) is 26.3. The second-order valence-electron chi connectivity index (χ2n) is 9.23. The molecule has 190 valence electrons. The van der Waals surface area contributed by atoms with Crippen molar-refractivity contribution in [2.24, 2.45) is 0 Å². The van der Waals surface area contributed by atoms with Crippen molar-refractivity contribution in [1.82, 2.24) is 0 Å². The van der Waals surface area contributed by atoms with Crippen molar-refractivity contribution >= 4 is 23.2 Å². The number of methoxy groups -OCH3 is 2. The maximum atomic E-state index is 14.7. The van der Waals surface area contributed by atoms with E-state index in [9.17, 15) is 9.59 Å². The van der Waals surface area contributed by atoms with E-state index in [1.807, 2.05) is 84.9 Å². The van der Waals surface area contributed by atoms with Crippen molar-refractivity contribution < 1.29 is 23.9 Å². The number of anilines is 2. The molecule has 4 aromatic carbocycles. The van der Waals surface area contributed by atoms with Gasteiger partial charge in [-0.15, -0.1) is 0 Å². The highest BCUT2D eigenvalue weighted by molar-refractivity contribution is 6.28. The third kappa shape index (κ3) is 3.47. The normalized spacial score (nSPS) is 22.5. The van der Waals surface area contributed by atoms with Crippen LogP contribution in [0, 0.1) is 0 Å². The molecule has 2 fully saturated rings. The van der Waals surface area contributed by atoms with Gasteiger partial charge in [-0.3, -0.25) is 14.4 Å². The summed E-state index contributed by atoms with van der Waals surface area (Å²) in [6.07, 6.45) is -1.08. The van der Waals surface area contributed by atoms with Gasteiger partial charge in [0.2, 0.25) is 5.91 Å². The summed E-state index contributed by atoms with van der Waals surface area (Å²) < 4.78 is 10.7. The molecule has 2 saturated heterocycles. The molecule has 0 N–H and O–H groups in total. The SMILES string of the molecule is COc1ccc(C2N(c3ccccc3)OC3C(=O)N(c4ccc(OC)cc4)C(=O)C32c2ccccc2)cc1. The summed E-state index contributed by atoms with van der Waals surface area (Å²) in [5.41, 5.74) is 1.39. The lowest BCUT2D eigenvalue weighted by molar-refractivity contribution is -0.126. The van der Waals surface area contributed by atoms with Crippen LogP contribution in [0.25, 0.3) is 0 Å². The number of imide groups is 1. The van der Waals surface area contributed by atoms with Gasteiger partial charge in [-0.05, 0) is 59.7 Å². The van der Waals surface area contributed by atoms with Crippen LogP contribution in [0.1, 0.15) is 17.2 Å². The minimum atomic E-state index is -1.34. The summed E-state index contributed by atoms with van der Waals surface area (Å²) in [7, 11) is 3.18. The van der Waals surface area contributed by atoms with E-state index in [-0.39, 0.29) is 5.91 Å². The Kier molecular flexibility index (Phi) is 5.85. The fraction of sp³-hybridized carbons (Fsp3) is 0.161. The predicted octanol–water partition coefficient (Wildman–Crippen LogP) is 5.08. The maximum Gasteiger partial charge on any atom is 0.267 e. The van der Waals surface area contributed by atoms with E-state index in [2.05, 4.69) is 0 Å². The molecule has 2 aliphatic heterocycles. The third-order valence-electron chi connectivity index (χ3n) is 7.32. The van der Waals surface area contributed by atoms with Crippen LogP contribution in [-0.2, 0) is 19.8 Å². The minimum absolute atomic E-state index is 0.344. The summed E-state index contributed by atoms with van der Waals surface area (Å²) in [5.74, 6) is 0.565. The van der Waals surface area contributed by atoms with Gasteiger partial charge >= 0.3 is 0 Å². The van der Waals surface area contributed by atoms with Gasteiger partial charge in [0.15, 0.2) is 6.10 Å². The number of hydroxylamine groups is 1. The average molecular weight is 507 g/mol. The van der Waals surface area contributed by atoms with Crippen LogP contribution in [0.15, 0.2) is 109 Å². The average Bonchev–Trinajstić information content (AvgIpc) is 3.45. The van der Waals surface area contributed by atoms with Gasteiger partial charge < -0.3 is 9.47 Å². The van der Waals surface area contributed by atoms with Gasteiger partial charge in [-0.1, -0.05) is 60.7 Å². The number of benzene rings is 4. The highest BCUT2D eigenvalue weighted by Crippen LogP contribution is 2.57. The molecule has 6 rings (SSSR count). The molecule has 2 amide bonds. The number of hydrogen-bond donors (Lipinski definition) is 0. The van der Waals surface area contributed by atoms with Gasteiger partial charge in [0.05, 0.1) is 25.6 Å². The van der Waals surface area contributed by atoms with Gasteiger partial charge in [0.1, 0.15) is 23.0 Å². The second-order valence-corrected chi connectivity index (χ2v) is 9.23. The molecule has 4 aromatic rings. The zero-order valence-corrected chi connectivity index (χ0v) is 21.0. The Balaban J connectivity index is 1.58. The summed E-state index contributed by atoms with van der Waals surface area (Å²) in [5, 5.41) is 1.71. The Bertz CT molecular complexity index is 1460. The van der Waals surface area contributed by atoms with E-state index >= 15 is 0 Å². The number of ether oxygens (including phenoxy) is 2. The van der Waals surface area contributed by atoms with E-state index in [1.165, 1.54) is 4.90 Å². The molecular formula is C31H26N2O5. The first-order valence-electron chi connectivity index (χ1n) is 12.3. The summed E-state index contributed by atoms with van der Waals surface area (Å²) in [4.78, 5) is 36.5. The van der Waals surface area contributed by atoms with Gasteiger partial charge in [0, 0.05) is 0 Å². The number of carbonyl (C=O) groups is 2. The van der Waals surface area contributed by atoms with E-state index in [0.29, 0.717) is 22.7 Å². The largest absolute Gasteiger partial charge is 0.497 e. The Morgan fingerprint density at radius 2 is 1.24 bits per heavy atom. The first-order chi connectivity index (χ1) is 18.6. The molecular weight excluding hydrogens is 480 g/mol. The third-order valence-corrected chi connectivity index (χ3v) is 7.32. The van der Waals surface area contributed by atoms with Crippen LogP contribution in [-0.4, -0.2) is 32.1 Å². The van der Waals surface area contributed by atoms with Crippen molar-refractivity contribution in [2.45, 2.75) is 17.6 Å². The Hall–Kier alpha value is -4.62. The molecule has 0 saturated carbocycles. The van der Waals surface area contributed by atoms with E-state index in [4.69, 9.17) is 14.3 Å². The Labute approximate surface area is 220 Å². The number of carbonyl (C=O) groups excluding carboxylic acids is 2. The topological polar surface area (TPSA) is 68.3 Å². The quantitative estimate of drug-likeness (QED) is 0.340. The van der Waals surface area contributed by atoms with Gasteiger partial charge in [-0.25, -0.2) is 9.96 Å². The number of rotatable bonds is 6. The molecule has 3 unspecified atom stereocenters. The monoisotopic (exact) mass is 506 g/mol. The number of fused-ring (bicyclic) bond motifs is 1. The summed E-state index contributed by atoms with van der Waals surface area (Å²) >= 11 is 0. The summed E-state index contributed by atoms with van der Waals surface area (Å²) in [6, 6.07) is 32.8. The van der Waals surface area contributed by atoms with Crippen LogP contribution in [0.3, 0.4) is 0 Å². The molecule has 2 heterocycles. The standard InChI is InChI=1S/C31H26N2O5/c1-36-25-17-13-21(14-18-25)27-31(22-9-5-3-6-10-22)28(38-33(27)24-11-7-4-8-12-24)29(34)32(30(31)35)23-15-19-26(37-2)20-16-23/h3-20,27-28H,1-2H3. The fourth-order valence-electron chi connectivity index (χ4n) is 5.55. The summed E-state index contributed by atoms with van der Waals surface area (Å²) in [6.45, 7) is 0. The Morgan fingerprint density at radius 1 is 0.684 bits per heavy atom. The van der Waals surface area contributed by atoms with Crippen molar-refractivity contribution in [1.29, 1.82) is 0 Å². The van der Waals surface area contributed by atoms with Crippen LogP contribution in [0.4, 0.5) is 11.4 Å². The van der Waals surface area contributed by atoms with Crippen molar-refractivity contribution in [2.75, 3.05) is 24.2 Å². The first-order valence-corrected chi connectivity index (χ1v) is 12.3. The molecule has 2 aliphatic rings. The maximum absolute atomic E-state index is 14.7. The predicted molar refractivity (Wildman–Crippen MR) is 143 cm³/mol. The number of nitrogens with zero attached hydrogens (tertiary/aromatic N) is 2. The first kappa shape index (κ1) is 23.8. The highest BCUT2D eigenvalue weighted by Gasteiger charge is 2.72. The molecule has 0 aliphatic carbocycles. The van der Waals surface area contributed by atoms with Crippen LogP contribution >= 0.6 is 0 Å². The van der Waals surface area contributed by atoms with Gasteiger partial charge in [0.25, 0.3) is 5.91 Å². The number of para-hydroxylation sites is 1. The lowest BCUT2D eigenvalue weighted by atomic mass is 9.69. The number of amides is 2. The zero-order valence-electron chi connectivity index (χ0n) is 21.0. The fourth-order valence-corrected chi connectivity index (χ4v) is 5.55. The molecule has 0 spiro atoms. The van der Waals surface area contributed by atoms with Crippen LogP contribution in [0.5, 0.6) is 11.5 Å². The van der Waals surface area contributed by atoms with Crippen molar-refractivity contribution in [3.8, 4) is 11.5 Å². The van der Waals surface area contributed by atoms with Crippen LogP contribution in [0.2, 0.25) is 0 Å². The number of hydrogen-bond acceptors (Lipinski definition) is 6. The molecule has 0 bridgehead atoms. The highest BCUT2D eigenvalue weighted by atomic mass is 16.7. The minimum Gasteiger partial charge on any atom is -0.497 e.